The minimum absolute atomic E-state index is 0.403. The van der Waals surface area contributed by atoms with Gasteiger partial charge in [-0.05, 0) is 19.9 Å². The number of anilines is 1. The van der Waals surface area contributed by atoms with Crippen molar-refractivity contribution in [2.45, 2.75) is 18.9 Å². The van der Waals surface area contributed by atoms with E-state index in [-0.39, 0.29) is 0 Å². The molecule has 2 N–H and O–H groups in total. The second kappa shape index (κ2) is 4.48. The Hall–Kier alpha value is -1.30. The molecule has 0 unspecified atom stereocenters. The molecule has 0 bridgehead atoms. The van der Waals surface area contributed by atoms with E-state index >= 15 is 0 Å². The van der Waals surface area contributed by atoms with Crippen LogP contribution in [0.4, 0.5) is 5.95 Å². The molecule has 0 atom stereocenters. The first-order valence-electron chi connectivity index (χ1n) is 5.22. The van der Waals surface area contributed by atoms with E-state index in [2.05, 4.69) is 25.4 Å². The van der Waals surface area contributed by atoms with Crippen LogP contribution in [0.1, 0.15) is 12.8 Å². The molecule has 0 radical (unpaired) electrons. The number of piperidine rings is 1. The zero-order valence-corrected chi connectivity index (χ0v) is 9.16. The number of ether oxygens (including phenoxy) is 1. The maximum absolute atomic E-state index is 4.94. The molecule has 1 fully saturated rings. The fourth-order valence-corrected chi connectivity index (χ4v) is 1.85. The second-order valence-electron chi connectivity index (χ2n) is 3.70. The summed E-state index contributed by atoms with van der Waals surface area (Å²) in [4.78, 5) is 6.42. The monoisotopic (exact) mass is 211 g/mol. The maximum Gasteiger partial charge on any atom is 0.336 e. The number of rotatable bonds is 3. The Morgan fingerprint density at radius 3 is 2.73 bits per heavy atom. The molecule has 1 saturated heterocycles. The van der Waals surface area contributed by atoms with Crippen LogP contribution in [-0.4, -0.2) is 48.5 Å². The molecule has 0 aromatic carbocycles. The van der Waals surface area contributed by atoms with Gasteiger partial charge in [0.25, 0.3) is 0 Å². The number of nitrogens with zero attached hydrogens (tertiary/aromatic N) is 3. The Morgan fingerprint density at radius 2 is 2.20 bits per heavy atom. The third kappa shape index (κ3) is 2.20. The van der Waals surface area contributed by atoms with Gasteiger partial charge in [-0.3, -0.25) is 0 Å². The topological polar surface area (TPSA) is 66.1 Å². The quantitative estimate of drug-likeness (QED) is 0.736. The summed E-state index contributed by atoms with van der Waals surface area (Å²) in [6.07, 6.45) is 2.28. The highest BCUT2D eigenvalue weighted by Gasteiger charge is 2.20. The van der Waals surface area contributed by atoms with Crippen molar-refractivity contribution >= 4 is 5.95 Å². The molecule has 0 saturated carbocycles. The first kappa shape index (κ1) is 10.2. The van der Waals surface area contributed by atoms with E-state index in [1.165, 1.54) is 0 Å². The van der Waals surface area contributed by atoms with Gasteiger partial charge in [-0.2, -0.15) is 4.98 Å². The average molecular weight is 211 g/mol. The molecule has 1 aliphatic rings. The summed E-state index contributed by atoms with van der Waals surface area (Å²) in [5.74, 6) is 0.807. The van der Waals surface area contributed by atoms with Crippen molar-refractivity contribution in [2.75, 3.05) is 32.1 Å². The lowest BCUT2D eigenvalue weighted by molar-refractivity contribution is 0.381. The lowest BCUT2D eigenvalue weighted by Crippen LogP contribution is -2.41. The SMILES string of the molecule is CNC1CCN(c2nc(OC)n[nH]2)CC1. The van der Waals surface area contributed by atoms with E-state index in [4.69, 9.17) is 4.74 Å². The first-order valence-corrected chi connectivity index (χ1v) is 5.22. The minimum atomic E-state index is 0.403. The Kier molecular flexibility index (Phi) is 3.05. The minimum Gasteiger partial charge on any atom is -0.466 e. The van der Waals surface area contributed by atoms with Crippen LogP contribution in [-0.2, 0) is 0 Å². The van der Waals surface area contributed by atoms with Gasteiger partial charge in [0, 0.05) is 19.1 Å². The summed E-state index contributed by atoms with van der Waals surface area (Å²) in [5, 5.41) is 10.1. The third-order valence-electron chi connectivity index (χ3n) is 2.84. The summed E-state index contributed by atoms with van der Waals surface area (Å²) in [6, 6.07) is 1.03. The predicted octanol–water partition coefficient (Wildman–Crippen LogP) is 0.00150. The molecule has 0 spiro atoms. The second-order valence-corrected chi connectivity index (χ2v) is 3.70. The van der Waals surface area contributed by atoms with Gasteiger partial charge in [-0.25, -0.2) is 5.10 Å². The molecule has 2 heterocycles. The normalized spacial score (nSPS) is 18.1. The predicted molar refractivity (Wildman–Crippen MR) is 57.2 cm³/mol. The highest BCUT2D eigenvalue weighted by atomic mass is 16.5. The molecular weight excluding hydrogens is 194 g/mol. The maximum atomic E-state index is 4.94. The summed E-state index contributed by atoms with van der Waals surface area (Å²) < 4.78 is 4.94. The van der Waals surface area contributed by atoms with Crippen molar-refractivity contribution in [3.8, 4) is 6.01 Å². The van der Waals surface area contributed by atoms with Gasteiger partial charge in [0.1, 0.15) is 0 Å². The lowest BCUT2D eigenvalue weighted by atomic mass is 10.1. The summed E-state index contributed by atoms with van der Waals surface area (Å²) in [7, 11) is 3.58. The van der Waals surface area contributed by atoms with Crippen molar-refractivity contribution in [1.82, 2.24) is 20.5 Å². The van der Waals surface area contributed by atoms with Gasteiger partial charge < -0.3 is 15.0 Å². The number of methoxy groups -OCH3 is 1. The van der Waals surface area contributed by atoms with Gasteiger partial charge >= 0.3 is 6.01 Å². The van der Waals surface area contributed by atoms with Gasteiger partial charge in [0.15, 0.2) is 0 Å². The largest absolute Gasteiger partial charge is 0.466 e. The van der Waals surface area contributed by atoms with Crippen molar-refractivity contribution < 1.29 is 4.74 Å². The molecule has 15 heavy (non-hydrogen) atoms. The third-order valence-corrected chi connectivity index (χ3v) is 2.84. The Balaban J connectivity index is 1.95. The van der Waals surface area contributed by atoms with Gasteiger partial charge in [-0.15, -0.1) is 5.10 Å². The van der Waals surface area contributed by atoms with Crippen molar-refractivity contribution in [3.63, 3.8) is 0 Å². The van der Waals surface area contributed by atoms with Crippen molar-refractivity contribution in [3.05, 3.63) is 0 Å². The van der Waals surface area contributed by atoms with E-state index in [1.54, 1.807) is 7.11 Å². The fourth-order valence-electron chi connectivity index (χ4n) is 1.85. The smallest absolute Gasteiger partial charge is 0.336 e. The van der Waals surface area contributed by atoms with E-state index in [1.807, 2.05) is 7.05 Å². The van der Waals surface area contributed by atoms with Crippen molar-refractivity contribution in [2.24, 2.45) is 0 Å². The summed E-state index contributed by atoms with van der Waals surface area (Å²) in [5.41, 5.74) is 0. The zero-order chi connectivity index (χ0) is 10.7. The van der Waals surface area contributed by atoms with Gasteiger partial charge in [0.05, 0.1) is 7.11 Å². The molecule has 0 aliphatic carbocycles. The molecule has 1 aliphatic heterocycles. The fraction of sp³-hybridized carbons (Fsp3) is 0.778. The standard InChI is InChI=1S/C9H17N5O/c1-10-7-3-5-14(6-4-7)8-11-9(15-2)13-12-8/h7,10H,3-6H2,1-2H3,(H,11,12,13). The van der Waals surface area contributed by atoms with E-state index in [0.717, 1.165) is 31.9 Å². The first-order chi connectivity index (χ1) is 7.33. The van der Waals surface area contributed by atoms with Crippen molar-refractivity contribution in [1.29, 1.82) is 0 Å². The van der Waals surface area contributed by atoms with Crippen LogP contribution in [0.25, 0.3) is 0 Å². The van der Waals surface area contributed by atoms with Crippen LogP contribution < -0.4 is 15.0 Å². The average Bonchev–Trinajstić information content (AvgIpc) is 2.78. The van der Waals surface area contributed by atoms with Crippen LogP contribution in [0, 0.1) is 0 Å². The number of hydrogen-bond acceptors (Lipinski definition) is 5. The molecule has 0 amide bonds. The molecule has 1 aromatic heterocycles. The highest BCUT2D eigenvalue weighted by Crippen LogP contribution is 2.17. The molecular formula is C9H17N5O. The number of H-pyrrole nitrogens is 1. The number of aromatic nitrogens is 3. The highest BCUT2D eigenvalue weighted by molar-refractivity contribution is 5.30. The number of nitrogens with one attached hydrogen (secondary N) is 2. The van der Waals surface area contributed by atoms with Crippen LogP contribution in [0.3, 0.4) is 0 Å². The van der Waals surface area contributed by atoms with E-state index < -0.39 is 0 Å². The molecule has 1 aromatic rings. The van der Waals surface area contributed by atoms with Gasteiger partial charge in [-0.1, -0.05) is 0 Å². The Labute approximate surface area is 89.0 Å². The van der Waals surface area contributed by atoms with Crippen LogP contribution in [0.5, 0.6) is 6.01 Å². The van der Waals surface area contributed by atoms with Crippen LogP contribution >= 0.6 is 0 Å². The number of aromatic amines is 1. The molecule has 6 heteroatoms. The van der Waals surface area contributed by atoms with E-state index in [9.17, 15) is 0 Å². The summed E-state index contributed by atoms with van der Waals surface area (Å²) in [6.45, 7) is 2.01. The van der Waals surface area contributed by atoms with Crippen LogP contribution in [0.2, 0.25) is 0 Å². The number of hydrogen-bond donors (Lipinski definition) is 2. The van der Waals surface area contributed by atoms with Gasteiger partial charge in [0.2, 0.25) is 5.95 Å². The van der Waals surface area contributed by atoms with E-state index in [0.29, 0.717) is 12.1 Å². The zero-order valence-electron chi connectivity index (χ0n) is 9.16. The molecule has 84 valence electrons. The Bertz CT molecular complexity index is 305. The lowest BCUT2D eigenvalue weighted by Gasteiger charge is -2.31. The molecule has 6 nitrogen and oxygen atoms in total. The molecule has 2 rings (SSSR count). The summed E-state index contributed by atoms with van der Waals surface area (Å²) >= 11 is 0. The Morgan fingerprint density at radius 1 is 1.47 bits per heavy atom. The van der Waals surface area contributed by atoms with Crippen LogP contribution in [0.15, 0.2) is 0 Å².